The first-order valence-electron chi connectivity index (χ1n) is 4.45. The standard InChI is InChI=1S/C9H20O2S/c1-3-9(7-10,8-11)5-4-6-12-2/h10-11H,3-8H2,1-2H3. The van der Waals surface area contributed by atoms with Crippen LogP contribution in [0, 0.1) is 5.41 Å². The Morgan fingerprint density at radius 2 is 1.83 bits per heavy atom. The van der Waals surface area contributed by atoms with Crippen molar-refractivity contribution in [1.29, 1.82) is 0 Å². The molecule has 0 aromatic heterocycles. The second-order valence-corrected chi connectivity index (χ2v) is 4.25. The Hall–Kier alpha value is 0.270. The Labute approximate surface area is 79.4 Å². The smallest absolute Gasteiger partial charge is 0.0509 e. The van der Waals surface area contributed by atoms with E-state index in [1.165, 1.54) is 0 Å². The Morgan fingerprint density at radius 3 is 2.17 bits per heavy atom. The van der Waals surface area contributed by atoms with Crippen molar-refractivity contribution < 1.29 is 10.2 Å². The van der Waals surface area contributed by atoms with Gasteiger partial charge < -0.3 is 10.2 Å². The third kappa shape index (κ3) is 3.78. The molecule has 74 valence electrons. The first kappa shape index (κ1) is 12.3. The molecule has 0 radical (unpaired) electrons. The Bertz CT molecular complexity index is 94.4. The number of aliphatic hydroxyl groups is 2. The lowest BCUT2D eigenvalue weighted by Crippen LogP contribution is -2.29. The molecule has 0 atom stereocenters. The van der Waals surface area contributed by atoms with E-state index in [0.717, 1.165) is 25.0 Å². The zero-order chi connectivity index (χ0) is 9.45. The predicted molar refractivity (Wildman–Crippen MR) is 54.5 cm³/mol. The summed E-state index contributed by atoms with van der Waals surface area (Å²) in [7, 11) is 0. The van der Waals surface area contributed by atoms with E-state index in [2.05, 4.69) is 6.26 Å². The van der Waals surface area contributed by atoms with Crippen LogP contribution in [0.3, 0.4) is 0 Å². The van der Waals surface area contributed by atoms with Crippen LogP contribution in [0.25, 0.3) is 0 Å². The maximum absolute atomic E-state index is 9.11. The van der Waals surface area contributed by atoms with Crippen molar-refractivity contribution in [2.24, 2.45) is 5.41 Å². The molecular formula is C9H20O2S. The van der Waals surface area contributed by atoms with Crippen molar-refractivity contribution in [3.8, 4) is 0 Å². The van der Waals surface area contributed by atoms with Gasteiger partial charge in [0.2, 0.25) is 0 Å². The van der Waals surface area contributed by atoms with Crippen LogP contribution in [-0.2, 0) is 0 Å². The molecule has 2 N–H and O–H groups in total. The number of thioether (sulfide) groups is 1. The van der Waals surface area contributed by atoms with Gasteiger partial charge in [-0.15, -0.1) is 0 Å². The van der Waals surface area contributed by atoms with E-state index in [1.54, 1.807) is 0 Å². The maximum Gasteiger partial charge on any atom is 0.0509 e. The lowest BCUT2D eigenvalue weighted by atomic mass is 9.82. The topological polar surface area (TPSA) is 40.5 Å². The number of aliphatic hydroxyl groups excluding tert-OH is 2. The SMILES string of the molecule is CCC(CO)(CO)CCCSC. The highest BCUT2D eigenvalue weighted by Gasteiger charge is 2.25. The molecular weight excluding hydrogens is 172 g/mol. The monoisotopic (exact) mass is 192 g/mol. The van der Waals surface area contributed by atoms with Gasteiger partial charge in [-0.3, -0.25) is 0 Å². The Balaban J connectivity index is 3.76. The van der Waals surface area contributed by atoms with Gasteiger partial charge in [0.05, 0.1) is 13.2 Å². The van der Waals surface area contributed by atoms with Gasteiger partial charge in [0.25, 0.3) is 0 Å². The van der Waals surface area contributed by atoms with E-state index in [9.17, 15) is 0 Å². The first-order valence-corrected chi connectivity index (χ1v) is 5.84. The van der Waals surface area contributed by atoms with E-state index in [0.29, 0.717) is 0 Å². The zero-order valence-electron chi connectivity index (χ0n) is 8.05. The summed E-state index contributed by atoms with van der Waals surface area (Å²) in [6.45, 7) is 2.23. The molecule has 0 rings (SSSR count). The van der Waals surface area contributed by atoms with E-state index in [4.69, 9.17) is 10.2 Å². The van der Waals surface area contributed by atoms with Crippen LogP contribution in [0.15, 0.2) is 0 Å². The van der Waals surface area contributed by atoms with Gasteiger partial charge in [-0.2, -0.15) is 11.8 Å². The average molecular weight is 192 g/mol. The molecule has 2 nitrogen and oxygen atoms in total. The van der Waals surface area contributed by atoms with Crippen molar-refractivity contribution in [2.45, 2.75) is 26.2 Å². The first-order chi connectivity index (χ1) is 5.74. The van der Waals surface area contributed by atoms with Gasteiger partial charge in [-0.05, 0) is 31.3 Å². The van der Waals surface area contributed by atoms with Crippen LogP contribution in [0.1, 0.15) is 26.2 Å². The zero-order valence-corrected chi connectivity index (χ0v) is 8.86. The van der Waals surface area contributed by atoms with Gasteiger partial charge in [0.15, 0.2) is 0 Å². The lowest BCUT2D eigenvalue weighted by molar-refractivity contribution is 0.0435. The molecule has 0 aliphatic rings. The molecule has 0 aliphatic carbocycles. The largest absolute Gasteiger partial charge is 0.396 e. The fraction of sp³-hybridized carbons (Fsp3) is 1.00. The minimum atomic E-state index is -0.226. The van der Waals surface area contributed by atoms with Gasteiger partial charge in [-0.25, -0.2) is 0 Å². The third-order valence-electron chi connectivity index (χ3n) is 2.48. The fourth-order valence-electron chi connectivity index (χ4n) is 1.20. The summed E-state index contributed by atoms with van der Waals surface area (Å²) in [6, 6.07) is 0. The van der Waals surface area contributed by atoms with Crippen molar-refractivity contribution in [1.82, 2.24) is 0 Å². The second-order valence-electron chi connectivity index (χ2n) is 3.27. The van der Waals surface area contributed by atoms with Crippen molar-refractivity contribution >= 4 is 11.8 Å². The van der Waals surface area contributed by atoms with E-state index >= 15 is 0 Å². The number of hydrogen-bond donors (Lipinski definition) is 2. The summed E-state index contributed by atoms with van der Waals surface area (Å²) >= 11 is 1.81. The molecule has 0 unspecified atom stereocenters. The minimum absolute atomic E-state index is 0.106. The Kier molecular flexibility index (Phi) is 6.90. The van der Waals surface area contributed by atoms with Crippen LogP contribution in [0.5, 0.6) is 0 Å². The van der Waals surface area contributed by atoms with Crippen LogP contribution in [-0.4, -0.2) is 35.4 Å². The number of hydrogen-bond acceptors (Lipinski definition) is 3. The predicted octanol–water partition coefficient (Wildman–Crippen LogP) is 1.51. The molecule has 12 heavy (non-hydrogen) atoms. The number of rotatable bonds is 7. The molecule has 0 amide bonds. The molecule has 0 spiro atoms. The molecule has 0 saturated heterocycles. The molecule has 0 heterocycles. The lowest BCUT2D eigenvalue weighted by Gasteiger charge is -2.28. The highest BCUT2D eigenvalue weighted by atomic mass is 32.2. The van der Waals surface area contributed by atoms with Crippen LogP contribution >= 0.6 is 11.8 Å². The summed E-state index contributed by atoms with van der Waals surface area (Å²) in [5.74, 6) is 1.11. The minimum Gasteiger partial charge on any atom is -0.396 e. The fourth-order valence-corrected chi connectivity index (χ4v) is 1.63. The van der Waals surface area contributed by atoms with Crippen molar-refractivity contribution in [2.75, 3.05) is 25.2 Å². The normalized spacial score (nSPS) is 12.0. The third-order valence-corrected chi connectivity index (χ3v) is 3.17. The van der Waals surface area contributed by atoms with Gasteiger partial charge in [0, 0.05) is 5.41 Å². The summed E-state index contributed by atoms with van der Waals surface area (Å²) in [6.07, 6.45) is 4.94. The van der Waals surface area contributed by atoms with E-state index < -0.39 is 0 Å². The molecule has 0 aromatic rings. The van der Waals surface area contributed by atoms with Gasteiger partial charge in [-0.1, -0.05) is 6.92 Å². The molecule has 3 heteroatoms. The molecule has 0 aliphatic heterocycles. The van der Waals surface area contributed by atoms with Gasteiger partial charge in [0.1, 0.15) is 0 Å². The molecule has 0 bridgehead atoms. The summed E-state index contributed by atoms with van der Waals surface area (Å²) in [5.41, 5.74) is -0.226. The highest BCUT2D eigenvalue weighted by Crippen LogP contribution is 2.27. The quantitative estimate of drug-likeness (QED) is 0.601. The molecule has 0 saturated carbocycles. The average Bonchev–Trinajstić information content (AvgIpc) is 2.14. The van der Waals surface area contributed by atoms with E-state index in [1.807, 2.05) is 18.7 Å². The van der Waals surface area contributed by atoms with Gasteiger partial charge >= 0.3 is 0 Å². The van der Waals surface area contributed by atoms with Crippen LogP contribution < -0.4 is 0 Å². The maximum atomic E-state index is 9.11. The highest BCUT2D eigenvalue weighted by molar-refractivity contribution is 7.98. The summed E-state index contributed by atoms with van der Waals surface area (Å²) in [4.78, 5) is 0. The van der Waals surface area contributed by atoms with E-state index in [-0.39, 0.29) is 18.6 Å². The second kappa shape index (κ2) is 6.75. The van der Waals surface area contributed by atoms with Crippen molar-refractivity contribution in [3.05, 3.63) is 0 Å². The molecule has 0 fully saturated rings. The van der Waals surface area contributed by atoms with Crippen molar-refractivity contribution in [3.63, 3.8) is 0 Å². The summed E-state index contributed by atoms with van der Waals surface area (Å²) in [5, 5.41) is 18.2. The van der Waals surface area contributed by atoms with Crippen LogP contribution in [0.4, 0.5) is 0 Å². The van der Waals surface area contributed by atoms with Crippen LogP contribution in [0.2, 0.25) is 0 Å². The molecule has 0 aromatic carbocycles. The summed E-state index contributed by atoms with van der Waals surface area (Å²) < 4.78 is 0. The Morgan fingerprint density at radius 1 is 1.25 bits per heavy atom.